The highest BCUT2D eigenvalue weighted by Crippen LogP contribution is 2.32. The Morgan fingerprint density at radius 1 is 1.07 bits per heavy atom. The molecule has 1 aliphatic rings. The fraction of sp³-hybridized carbons (Fsp3) is 0.280. The first-order valence-corrected chi connectivity index (χ1v) is 10.5. The SMILES string of the molecule is CCCN1C(=O)CCc2cc(NC(=O)c3c(OCC)ccc4ccccc34)ccc21. The first-order chi connectivity index (χ1) is 14.6. The van der Waals surface area contributed by atoms with Crippen LogP contribution in [0, 0.1) is 0 Å². The molecule has 1 aliphatic heterocycles. The Morgan fingerprint density at radius 2 is 1.90 bits per heavy atom. The van der Waals surface area contributed by atoms with Crippen LogP contribution in [0.5, 0.6) is 5.75 Å². The summed E-state index contributed by atoms with van der Waals surface area (Å²) in [5.74, 6) is 0.539. The number of carbonyl (C=O) groups excluding carboxylic acids is 2. The predicted molar refractivity (Wildman–Crippen MR) is 120 cm³/mol. The Labute approximate surface area is 176 Å². The van der Waals surface area contributed by atoms with Crippen LogP contribution >= 0.6 is 0 Å². The van der Waals surface area contributed by atoms with E-state index in [0.29, 0.717) is 37.3 Å². The van der Waals surface area contributed by atoms with Crippen molar-refractivity contribution in [1.29, 1.82) is 0 Å². The number of nitrogens with zero attached hydrogens (tertiary/aromatic N) is 1. The molecular formula is C25H26N2O3. The zero-order valence-corrected chi connectivity index (χ0v) is 17.4. The van der Waals surface area contributed by atoms with Gasteiger partial charge >= 0.3 is 0 Å². The molecule has 4 rings (SSSR count). The lowest BCUT2D eigenvalue weighted by Gasteiger charge is -2.29. The average molecular weight is 402 g/mol. The number of hydrogen-bond acceptors (Lipinski definition) is 3. The monoisotopic (exact) mass is 402 g/mol. The van der Waals surface area contributed by atoms with Crippen LogP contribution < -0.4 is 15.0 Å². The highest BCUT2D eigenvalue weighted by molar-refractivity contribution is 6.15. The number of fused-ring (bicyclic) bond motifs is 2. The summed E-state index contributed by atoms with van der Waals surface area (Å²) in [6, 6.07) is 17.4. The molecule has 0 radical (unpaired) electrons. The zero-order chi connectivity index (χ0) is 21.1. The van der Waals surface area contributed by atoms with Crippen LogP contribution in [0.3, 0.4) is 0 Å². The van der Waals surface area contributed by atoms with Crippen molar-refractivity contribution in [3.8, 4) is 5.75 Å². The maximum Gasteiger partial charge on any atom is 0.260 e. The van der Waals surface area contributed by atoms with E-state index in [1.807, 2.05) is 66.4 Å². The van der Waals surface area contributed by atoms with E-state index in [2.05, 4.69) is 12.2 Å². The molecule has 0 atom stereocenters. The quantitative estimate of drug-likeness (QED) is 0.618. The zero-order valence-electron chi connectivity index (χ0n) is 17.4. The van der Waals surface area contributed by atoms with Gasteiger partial charge in [-0.15, -0.1) is 0 Å². The van der Waals surface area contributed by atoms with Gasteiger partial charge in [-0.3, -0.25) is 9.59 Å². The van der Waals surface area contributed by atoms with Crippen molar-refractivity contribution in [3.63, 3.8) is 0 Å². The third-order valence-electron chi connectivity index (χ3n) is 5.40. The number of carbonyl (C=O) groups is 2. The van der Waals surface area contributed by atoms with Gasteiger partial charge in [0.25, 0.3) is 5.91 Å². The molecule has 0 saturated heterocycles. The predicted octanol–water partition coefficient (Wildman–Crippen LogP) is 5.18. The molecule has 5 heteroatoms. The van der Waals surface area contributed by atoms with Crippen LogP contribution in [0.4, 0.5) is 11.4 Å². The fourth-order valence-electron chi connectivity index (χ4n) is 4.06. The Kier molecular flexibility index (Phi) is 5.70. The normalized spacial score (nSPS) is 13.3. The molecule has 0 fully saturated rings. The van der Waals surface area contributed by atoms with E-state index >= 15 is 0 Å². The molecule has 0 aromatic heterocycles. The van der Waals surface area contributed by atoms with Gasteiger partial charge in [0.05, 0.1) is 12.2 Å². The Balaban J connectivity index is 1.67. The van der Waals surface area contributed by atoms with Gasteiger partial charge in [0.2, 0.25) is 5.91 Å². The summed E-state index contributed by atoms with van der Waals surface area (Å²) in [5, 5.41) is 4.89. The first-order valence-electron chi connectivity index (χ1n) is 10.5. The van der Waals surface area contributed by atoms with Crippen molar-refractivity contribution in [2.75, 3.05) is 23.4 Å². The van der Waals surface area contributed by atoms with Crippen LogP contribution in [-0.2, 0) is 11.2 Å². The summed E-state index contributed by atoms with van der Waals surface area (Å²) in [4.78, 5) is 27.4. The van der Waals surface area contributed by atoms with E-state index in [4.69, 9.17) is 4.74 Å². The molecule has 1 N–H and O–H groups in total. The van der Waals surface area contributed by atoms with Crippen molar-refractivity contribution in [3.05, 3.63) is 65.7 Å². The van der Waals surface area contributed by atoms with E-state index < -0.39 is 0 Å². The van der Waals surface area contributed by atoms with Gasteiger partial charge in [-0.2, -0.15) is 0 Å². The number of ether oxygens (including phenoxy) is 1. The molecule has 3 aromatic rings. The summed E-state index contributed by atoms with van der Waals surface area (Å²) >= 11 is 0. The average Bonchev–Trinajstić information content (AvgIpc) is 2.75. The van der Waals surface area contributed by atoms with Crippen molar-refractivity contribution < 1.29 is 14.3 Å². The van der Waals surface area contributed by atoms with E-state index in [-0.39, 0.29) is 11.8 Å². The lowest BCUT2D eigenvalue weighted by atomic mass is 9.99. The van der Waals surface area contributed by atoms with Gasteiger partial charge < -0.3 is 15.0 Å². The molecule has 154 valence electrons. The maximum atomic E-state index is 13.3. The van der Waals surface area contributed by atoms with Crippen molar-refractivity contribution >= 4 is 34.0 Å². The number of benzene rings is 3. The molecule has 3 aromatic carbocycles. The first kappa shape index (κ1) is 20.0. The number of anilines is 2. The van der Waals surface area contributed by atoms with Gasteiger partial charge in [-0.25, -0.2) is 0 Å². The molecule has 0 unspecified atom stereocenters. The highest BCUT2D eigenvalue weighted by Gasteiger charge is 2.24. The van der Waals surface area contributed by atoms with E-state index in [9.17, 15) is 9.59 Å². The minimum atomic E-state index is -0.201. The molecule has 1 heterocycles. The topological polar surface area (TPSA) is 58.6 Å². The van der Waals surface area contributed by atoms with Gasteiger partial charge in [0.15, 0.2) is 0 Å². The molecule has 0 aliphatic carbocycles. The Bertz CT molecular complexity index is 1110. The Hall–Kier alpha value is -3.34. The number of amides is 2. The second kappa shape index (κ2) is 8.57. The van der Waals surface area contributed by atoms with Gasteiger partial charge in [-0.05, 0) is 60.4 Å². The lowest BCUT2D eigenvalue weighted by molar-refractivity contribution is -0.118. The molecular weight excluding hydrogens is 376 g/mol. The number of nitrogens with one attached hydrogen (secondary N) is 1. The van der Waals surface area contributed by atoms with Gasteiger partial charge in [0, 0.05) is 24.3 Å². The second-order valence-corrected chi connectivity index (χ2v) is 7.44. The molecule has 5 nitrogen and oxygen atoms in total. The standard InChI is InChI=1S/C25H26N2O3/c1-3-15-27-21-12-11-19(16-18(21)10-14-23(27)28)26-25(29)24-20-8-6-5-7-17(20)9-13-22(24)30-4-2/h5-9,11-13,16H,3-4,10,14-15H2,1-2H3,(H,26,29). The summed E-state index contributed by atoms with van der Waals surface area (Å²) in [7, 11) is 0. The van der Waals surface area contributed by atoms with E-state index in [1.165, 1.54) is 0 Å². The summed E-state index contributed by atoms with van der Waals surface area (Å²) in [5.41, 5.74) is 3.30. The fourth-order valence-corrected chi connectivity index (χ4v) is 4.06. The van der Waals surface area contributed by atoms with Crippen LogP contribution in [-0.4, -0.2) is 25.0 Å². The van der Waals surface area contributed by atoms with Crippen molar-refractivity contribution in [1.82, 2.24) is 0 Å². The van der Waals surface area contributed by atoms with Crippen LogP contribution in [0.2, 0.25) is 0 Å². The number of aryl methyl sites for hydroxylation is 1. The molecule has 30 heavy (non-hydrogen) atoms. The minimum Gasteiger partial charge on any atom is -0.493 e. The molecule has 0 spiro atoms. The van der Waals surface area contributed by atoms with Gasteiger partial charge in [0.1, 0.15) is 5.75 Å². The molecule has 2 amide bonds. The summed E-state index contributed by atoms with van der Waals surface area (Å²) in [6.07, 6.45) is 2.10. The van der Waals surface area contributed by atoms with Crippen LogP contribution in [0.15, 0.2) is 54.6 Å². The Morgan fingerprint density at radius 3 is 2.70 bits per heavy atom. The minimum absolute atomic E-state index is 0.165. The largest absolute Gasteiger partial charge is 0.493 e. The lowest BCUT2D eigenvalue weighted by Crippen LogP contribution is -2.35. The molecule has 0 saturated carbocycles. The van der Waals surface area contributed by atoms with E-state index in [1.54, 1.807) is 0 Å². The highest BCUT2D eigenvalue weighted by atomic mass is 16.5. The third kappa shape index (κ3) is 3.75. The van der Waals surface area contributed by atoms with E-state index in [0.717, 1.165) is 34.1 Å². The van der Waals surface area contributed by atoms with Crippen LogP contribution in [0.1, 0.15) is 42.6 Å². The van der Waals surface area contributed by atoms with Gasteiger partial charge in [-0.1, -0.05) is 37.3 Å². The summed E-state index contributed by atoms with van der Waals surface area (Å²) < 4.78 is 5.74. The van der Waals surface area contributed by atoms with Crippen molar-refractivity contribution in [2.24, 2.45) is 0 Å². The third-order valence-corrected chi connectivity index (χ3v) is 5.40. The smallest absolute Gasteiger partial charge is 0.260 e. The molecule has 0 bridgehead atoms. The van der Waals surface area contributed by atoms with Crippen LogP contribution in [0.25, 0.3) is 10.8 Å². The number of hydrogen-bond donors (Lipinski definition) is 1. The summed E-state index contributed by atoms with van der Waals surface area (Å²) in [6.45, 7) is 5.17. The number of rotatable bonds is 6. The second-order valence-electron chi connectivity index (χ2n) is 7.44. The maximum absolute atomic E-state index is 13.3. The van der Waals surface area contributed by atoms with Crippen molar-refractivity contribution in [2.45, 2.75) is 33.1 Å².